The van der Waals surface area contributed by atoms with E-state index in [1.165, 1.54) is 6.07 Å². The van der Waals surface area contributed by atoms with Gasteiger partial charge in [0.1, 0.15) is 23.0 Å². The Labute approximate surface area is 408 Å². The van der Waals surface area contributed by atoms with E-state index in [1.807, 2.05) is 48.5 Å². The molecule has 7 aromatic rings. The zero-order valence-corrected chi connectivity index (χ0v) is 38.4. The van der Waals surface area contributed by atoms with Crippen molar-refractivity contribution in [3.8, 4) is 57.4 Å². The van der Waals surface area contributed by atoms with Crippen LogP contribution in [0.15, 0.2) is 164 Å². The maximum absolute atomic E-state index is 13.1. The van der Waals surface area contributed by atoms with Gasteiger partial charge in [-0.25, -0.2) is 24.0 Å². The van der Waals surface area contributed by atoms with E-state index in [1.54, 1.807) is 111 Å². The lowest BCUT2D eigenvalue weighted by atomic mass is 10.0. The van der Waals surface area contributed by atoms with Gasteiger partial charge in [0.05, 0.1) is 77.5 Å². The molecule has 71 heavy (non-hydrogen) atoms. The number of nitrogens with zero attached hydrogens (tertiary/aromatic N) is 2. The molecule has 0 aliphatic rings. The number of carbonyl (C=O) groups is 5. The highest BCUT2D eigenvalue weighted by atomic mass is 16.5. The van der Waals surface area contributed by atoms with Crippen molar-refractivity contribution in [3.05, 3.63) is 203 Å². The summed E-state index contributed by atoms with van der Waals surface area (Å²) in [7, 11) is 0. The summed E-state index contributed by atoms with van der Waals surface area (Å²) in [6, 6.07) is 48.6. The Bertz CT molecular complexity index is 2900. The summed E-state index contributed by atoms with van der Waals surface area (Å²) in [6.45, 7) is 3.65. The van der Waals surface area contributed by atoms with Gasteiger partial charge in [-0.2, -0.15) is 10.5 Å². The van der Waals surface area contributed by atoms with E-state index in [9.17, 15) is 29.1 Å². The first-order valence-corrected chi connectivity index (χ1v) is 22.2. The molecule has 0 heterocycles. The number of hydrogen-bond acceptors (Lipinski definition) is 13. The highest BCUT2D eigenvalue weighted by Gasteiger charge is 2.20. The second-order valence-electron chi connectivity index (χ2n) is 16.4. The van der Waals surface area contributed by atoms with Gasteiger partial charge in [-0.3, -0.25) is 0 Å². The van der Waals surface area contributed by atoms with Crippen LogP contribution in [0.2, 0.25) is 0 Å². The number of carboxylic acid groups (broad SMARTS) is 1. The van der Waals surface area contributed by atoms with Gasteiger partial charge in [0.15, 0.2) is 0 Å². The van der Waals surface area contributed by atoms with Gasteiger partial charge in [-0.15, -0.1) is 0 Å². The van der Waals surface area contributed by atoms with E-state index in [0.717, 1.165) is 34.4 Å². The second-order valence-corrected chi connectivity index (χ2v) is 16.4. The van der Waals surface area contributed by atoms with Crippen molar-refractivity contribution in [3.63, 3.8) is 0 Å². The smallest absolute Gasteiger partial charge is 0.343 e. The fourth-order valence-corrected chi connectivity index (χ4v) is 6.77. The third-order valence-corrected chi connectivity index (χ3v) is 10.7. The van der Waals surface area contributed by atoms with Gasteiger partial charge in [0, 0.05) is 11.8 Å². The van der Waals surface area contributed by atoms with E-state index in [0.29, 0.717) is 45.3 Å². The lowest BCUT2D eigenvalue weighted by Crippen LogP contribution is -2.20. The van der Waals surface area contributed by atoms with Gasteiger partial charge >= 0.3 is 29.8 Å². The van der Waals surface area contributed by atoms with Gasteiger partial charge < -0.3 is 33.5 Å². The van der Waals surface area contributed by atoms with Gasteiger partial charge in [-0.05, 0) is 138 Å². The molecule has 0 fully saturated rings. The fraction of sp³-hybridized carbons (Fsp3) is 0.140. The number of benzene rings is 7. The van der Waals surface area contributed by atoms with Crippen molar-refractivity contribution in [2.45, 2.75) is 13.8 Å². The standard InChI is InChI=1S/C57H44N2O12/c1-36(32-66-49-19-15-44(16-20-49)56(64)70-51-23-11-42(12-24-51)40-7-3-38(30-58)4-8-40)34-68-54(62)47-27-46(53(60)61)28-48(29-47)55(63)69-35-37(2)33-67-50-21-17-45(18-22-50)57(65)71-52-25-13-43(14-26-52)41-9-5-39(31-59)6-10-41/h3-29,36-37H,32-35H2,1-2H3,(H,60,61)/t36-,37?/m1/s1. The number of ether oxygens (including phenoxy) is 6. The summed E-state index contributed by atoms with van der Waals surface area (Å²) in [6.07, 6.45) is 0. The maximum Gasteiger partial charge on any atom is 0.343 e. The third-order valence-electron chi connectivity index (χ3n) is 10.7. The largest absolute Gasteiger partial charge is 0.493 e. The Kier molecular flexibility index (Phi) is 16.3. The minimum atomic E-state index is -1.36. The molecule has 1 unspecified atom stereocenters. The topological polar surface area (TPSA) is 209 Å². The predicted molar refractivity (Wildman–Crippen MR) is 259 cm³/mol. The summed E-state index contributed by atoms with van der Waals surface area (Å²) in [5.41, 5.74) is 4.74. The van der Waals surface area contributed by atoms with Crippen LogP contribution in [-0.2, 0) is 9.47 Å². The SMILES string of the molecule is CC(COC(=O)c1cc(C(=O)O)cc(C(=O)OC[C@H](C)COc2ccc(C(=O)Oc3ccc(-c4ccc(C#N)cc4)cc3)cc2)c1)COc1ccc(C(=O)Oc2ccc(-c3ccc(C#N)cc3)cc2)cc1. The molecule has 0 aliphatic heterocycles. The Morgan fingerprint density at radius 3 is 1.04 bits per heavy atom. The third kappa shape index (κ3) is 13.8. The van der Waals surface area contributed by atoms with Crippen LogP contribution in [0.3, 0.4) is 0 Å². The normalized spacial score (nSPS) is 11.4. The van der Waals surface area contributed by atoms with Crippen LogP contribution in [0.1, 0.15) is 76.8 Å². The van der Waals surface area contributed by atoms with Crippen LogP contribution in [0.4, 0.5) is 0 Å². The first-order chi connectivity index (χ1) is 34.3. The molecule has 1 N–H and O–H groups in total. The van der Waals surface area contributed by atoms with Crippen LogP contribution >= 0.6 is 0 Å². The monoisotopic (exact) mass is 948 g/mol. The van der Waals surface area contributed by atoms with E-state index in [2.05, 4.69) is 12.1 Å². The molecule has 0 radical (unpaired) electrons. The van der Waals surface area contributed by atoms with E-state index in [4.69, 9.17) is 38.9 Å². The Morgan fingerprint density at radius 1 is 0.408 bits per heavy atom. The number of esters is 4. The number of rotatable bonds is 19. The number of carboxylic acids is 1. The van der Waals surface area contributed by atoms with Crippen LogP contribution < -0.4 is 18.9 Å². The summed E-state index contributed by atoms with van der Waals surface area (Å²) in [4.78, 5) is 63.7. The molecule has 14 nitrogen and oxygen atoms in total. The van der Waals surface area contributed by atoms with E-state index < -0.39 is 29.8 Å². The molecule has 0 aliphatic carbocycles. The minimum absolute atomic E-state index is 0.0914. The van der Waals surface area contributed by atoms with E-state index >= 15 is 0 Å². The lowest BCUT2D eigenvalue weighted by molar-refractivity contribution is 0.0412. The molecule has 2 atom stereocenters. The summed E-state index contributed by atoms with van der Waals surface area (Å²) < 4.78 is 33.6. The molecule has 14 heteroatoms. The van der Waals surface area contributed by atoms with Crippen molar-refractivity contribution in [2.75, 3.05) is 26.4 Å². The maximum atomic E-state index is 13.1. The predicted octanol–water partition coefficient (Wildman–Crippen LogP) is 10.6. The molecule has 354 valence electrons. The zero-order chi connectivity index (χ0) is 50.3. The molecule has 0 amide bonds. The fourth-order valence-electron chi connectivity index (χ4n) is 6.77. The van der Waals surface area contributed by atoms with E-state index in [-0.39, 0.29) is 55.0 Å². The molecule has 0 saturated heterocycles. The second kappa shape index (κ2) is 23.5. The molecular weight excluding hydrogens is 905 g/mol. The number of nitriles is 2. The van der Waals surface area contributed by atoms with Gasteiger partial charge in [0.25, 0.3) is 0 Å². The van der Waals surface area contributed by atoms with Crippen molar-refractivity contribution >= 4 is 29.8 Å². The lowest BCUT2D eigenvalue weighted by Gasteiger charge is -2.15. The summed E-state index contributed by atoms with van der Waals surface area (Å²) in [5, 5.41) is 27.8. The molecule has 0 saturated carbocycles. The molecular formula is C57H44N2O12. The van der Waals surface area contributed by atoms with Crippen molar-refractivity contribution in [1.29, 1.82) is 10.5 Å². The molecule has 0 spiro atoms. The van der Waals surface area contributed by atoms with Crippen molar-refractivity contribution in [2.24, 2.45) is 11.8 Å². The average Bonchev–Trinajstić information content (AvgIpc) is 3.41. The van der Waals surface area contributed by atoms with Crippen LogP contribution in [0.5, 0.6) is 23.0 Å². The quantitative estimate of drug-likeness (QED) is 0.0591. The highest BCUT2D eigenvalue weighted by Crippen LogP contribution is 2.26. The Hall–Kier alpha value is -9.53. The molecule has 7 aromatic carbocycles. The minimum Gasteiger partial charge on any atom is -0.493 e. The highest BCUT2D eigenvalue weighted by molar-refractivity contribution is 6.00. The van der Waals surface area contributed by atoms with Gasteiger partial charge in [-0.1, -0.05) is 62.4 Å². The number of aromatic carboxylic acids is 1. The van der Waals surface area contributed by atoms with Crippen molar-refractivity contribution in [1.82, 2.24) is 0 Å². The van der Waals surface area contributed by atoms with Crippen LogP contribution in [0, 0.1) is 34.5 Å². The summed E-state index contributed by atoms with van der Waals surface area (Å²) >= 11 is 0. The first-order valence-electron chi connectivity index (χ1n) is 22.2. The zero-order valence-electron chi connectivity index (χ0n) is 38.4. The first kappa shape index (κ1) is 49.4. The summed E-state index contributed by atoms with van der Waals surface area (Å²) in [5.74, 6) is -3.15. The van der Waals surface area contributed by atoms with Gasteiger partial charge in [0.2, 0.25) is 0 Å². The average molecular weight is 949 g/mol. The Morgan fingerprint density at radius 2 is 0.718 bits per heavy atom. The Balaban J connectivity index is 0.823. The van der Waals surface area contributed by atoms with Crippen molar-refractivity contribution < 1.29 is 57.5 Å². The number of carbonyl (C=O) groups excluding carboxylic acids is 4. The number of hydrogen-bond donors (Lipinski definition) is 1. The molecule has 0 aromatic heterocycles. The molecule has 7 rings (SSSR count). The molecule has 0 bridgehead atoms. The van der Waals surface area contributed by atoms with Crippen LogP contribution in [0.25, 0.3) is 22.3 Å². The van der Waals surface area contributed by atoms with Crippen LogP contribution in [-0.4, -0.2) is 61.4 Å².